The number of rotatable bonds is 3. The summed E-state index contributed by atoms with van der Waals surface area (Å²) in [4.78, 5) is 27.6. The third-order valence-electron chi connectivity index (χ3n) is 6.28. The molecule has 0 radical (unpaired) electrons. The van der Waals surface area contributed by atoms with Crippen molar-refractivity contribution in [2.75, 3.05) is 0 Å². The van der Waals surface area contributed by atoms with Gasteiger partial charge in [0.25, 0.3) is 5.56 Å². The second kappa shape index (κ2) is 7.67. The smallest absolute Gasteiger partial charge is 0.354 e. The van der Waals surface area contributed by atoms with Gasteiger partial charge >= 0.3 is 5.63 Å². The number of hydrogen-bond donors (Lipinski definition) is 1. The van der Waals surface area contributed by atoms with E-state index in [1.54, 1.807) is 4.57 Å². The van der Waals surface area contributed by atoms with E-state index < -0.39 is 11.2 Å². The molecule has 0 bridgehead atoms. The van der Waals surface area contributed by atoms with E-state index in [1.165, 1.54) is 0 Å². The Morgan fingerprint density at radius 1 is 0.939 bits per heavy atom. The SMILES string of the molecule is O=c1oc2c3c(n(-c4ccccc4)c(=O)c2c(O)c1Sc1ccccc1)C1C=CC=CC1C3. The van der Waals surface area contributed by atoms with Crippen LogP contribution >= 0.6 is 11.8 Å². The van der Waals surface area contributed by atoms with Crippen LogP contribution in [0.3, 0.4) is 0 Å². The fraction of sp³-hybridized carbons (Fsp3) is 0.111. The zero-order chi connectivity index (χ0) is 22.5. The van der Waals surface area contributed by atoms with E-state index in [0.29, 0.717) is 12.1 Å². The second-order valence-electron chi connectivity index (χ2n) is 8.19. The van der Waals surface area contributed by atoms with Crippen LogP contribution in [0.4, 0.5) is 0 Å². The van der Waals surface area contributed by atoms with Crippen LogP contribution in [-0.2, 0) is 6.42 Å². The van der Waals surface area contributed by atoms with Crippen molar-refractivity contribution in [1.82, 2.24) is 4.57 Å². The monoisotopic (exact) mass is 453 g/mol. The molecular weight excluding hydrogens is 434 g/mol. The highest BCUT2D eigenvalue weighted by Crippen LogP contribution is 2.46. The number of nitrogens with zero attached hydrogens (tertiary/aromatic N) is 1. The fourth-order valence-corrected chi connectivity index (χ4v) is 5.70. The number of benzene rings is 2. The highest BCUT2D eigenvalue weighted by Gasteiger charge is 2.37. The zero-order valence-corrected chi connectivity index (χ0v) is 18.3. The van der Waals surface area contributed by atoms with E-state index in [9.17, 15) is 14.7 Å². The first-order chi connectivity index (χ1) is 16.1. The summed E-state index contributed by atoms with van der Waals surface area (Å²) in [7, 11) is 0. The largest absolute Gasteiger partial charge is 0.505 e. The quantitative estimate of drug-likeness (QED) is 0.463. The number of allylic oxidation sites excluding steroid dienone is 4. The summed E-state index contributed by atoms with van der Waals surface area (Å²) in [5.41, 5.74) is 1.48. The van der Waals surface area contributed by atoms with Crippen molar-refractivity contribution in [2.24, 2.45) is 5.92 Å². The molecule has 0 spiro atoms. The highest BCUT2D eigenvalue weighted by molar-refractivity contribution is 7.99. The number of hydrogen-bond acceptors (Lipinski definition) is 5. The van der Waals surface area contributed by atoms with Crippen molar-refractivity contribution in [3.8, 4) is 11.4 Å². The molecule has 2 aromatic heterocycles. The summed E-state index contributed by atoms with van der Waals surface area (Å²) in [5.74, 6) is -0.169. The van der Waals surface area contributed by atoms with Crippen molar-refractivity contribution in [1.29, 1.82) is 0 Å². The zero-order valence-electron chi connectivity index (χ0n) is 17.5. The molecule has 33 heavy (non-hydrogen) atoms. The number of fused-ring (bicyclic) bond motifs is 5. The van der Waals surface area contributed by atoms with Crippen molar-refractivity contribution in [3.63, 3.8) is 0 Å². The third kappa shape index (κ3) is 3.09. The lowest BCUT2D eigenvalue weighted by Gasteiger charge is -2.20. The van der Waals surface area contributed by atoms with E-state index in [0.717, 1.165) is 27.9 Å². The molecule has 5 nitrogen and oxygen atoms in total. The first-order valence-electron chi connectivity index (χ1n) is 10.7. The molecule has 2 aromatic carbocycles. The fourth-order valence-electron chi connectivity index (χ4n) is 4.85. The molecule has 4 aromatic rings. The Morgan fingerprint density at radius 3 is 2.39 bits per heavy atom. The number of pyridine rings is 1. The van der Waals surface area contributed by atoms with Crippen LogP contribution in [0.25, 0.3) is 16.7 Å². The lowest BCUT2D eigenvalue weighted by molar-refractivity contribution is 0.445. The Kier molecular flexibility index (Phi) is 4.62. The topological polar surface area (TPSA) is 72.4 Å². The van der Waals surface area contributed by atoms with Gasteiger partial charge in [-0.15, -0.1) is 0 Å². The molecule has 2 heterocycles. The van der Waals surface area contributed by atoms with Gasteiger partial charge in [-0.3, -0.25) is 9.36 Å². The Labute approximate surface area is 193 Å². The maximum Gasteiger partial charge on any atom is 0.354 e. The van der Waals surface area contributed by atoms with E-state index in [4.69, 9.17) is 4.42 Å². The summed E-state index contributed by atoms with van der Waals surface area (Å²) < 4.78 is 7.44. The molecule has 2 aliphatic carbocycles. The molecule has 2 atom stereocenters. The van der Waals surface area contributed by atoms with Crippen LogP contribution in [-0.4, -0.2) is 9.67 Å². The van der Waals surface area contributed by atoms with Crippen LogP contribution < -0.4 is 11.2 Å². The third-order valence-corrected chi connectivity index (χ3v) is 7.35. The lowest BCUT2D eigenvalue weighted by Crippen LogP contribution is -2.25. The highest BCUT2D eigenvalue weighted by atomic mass is 32.2. The van der Waals surface area contributed by atoms with Gasteiger partial charge in [-0.2, -0.15) is 0 Å². The molecule has 0 saturated heterocycles. The van der Waals surface area contributed by atoms with Gasteiger partial charge in [0.05, 0.1) is 0 Å². The van der Waals surface area contributed by atoms with Gasteiger partial charge in [-0.05, 0) is 36.6 Å². The molecule has 0 amide bonds. The first-order valence-corrected chi connectivity index (χ1v) is 11.6. The summed E-state index contributed by atoms with van der Waals surface area (Å²) in [6, 6.07) is 18.6. The summed E-state index contributed by atoms with van der Waals surface area (Å²) in [6.45, 7) is 0. The van der Waals surface area contributed by atoms with Crippen molar-refractivity contribution in [2.45, 2.75) is 22.1 Å². The average Bonchev–Trinajstić information content (AvgIpc) is 3.22. The van der Waals surface area contributed by atoms with Gasteiger partial charge < -0.3 is 9.52 Å². The minimum atomic E-state index is -0.645. The van der Waals surface area contributed by atoms with E-state index in [2.05, 4.69) is 12.2 Å². The average molecular weight is 454 g/mol. The Hall–Kier alpha value is -3.77. The van der Waals surface area contributed by atoms with E-state index in [1.807, 2.05) is 72.8 Å². The lowest BCUT2D eigenvalue weighted by atomic mass is 9.90. The van der Waals surface area contributed by atoms with Crippen LogP contribution in [0.2, 0.25) is 0 Å². The van der Waals surface area contributed by atoms with Gasteiger partial charge in [-0.1, -0.05) is 72.5 Å². The predicted octanol–water partition coefficient (Wildman–Crippen LogP) is 5.18. The molecule has 2 aliphatic rings. The maximum atomic E-state index is 13.9. The predicted molar refractivity (Wildman–Crippen MR) is 129 cm³/mol. The molecule has 1 N–H and O–H groups in total. The summed E-state index contributed by atoms with van der Waals surface area (Å²) >= 11 is 1.09. The minimum Gasteiger partial charge on any atom is -0.505 e. The van der Waals surface area contributed by atoms with E-state index >= 15 is 0 Å². The Balaban J connectivity index is 1.69. The Bertz CT molecular complexity index is 1570. The summed E-state index contributed by atoms with van der Waals surface area (Å²) in [5, 5.41) is 11.3. The number of aromatic nitrogens is 1. The van der Waals surface area contributed by atoms with Crippen molar-refractivity contribution in [3.05, 3.63) is 117 Å². The van der Waals surface area contributed by atoms with Crippen LogP contribution in [0.1, 0.15) is 17.2 Å². The molecule has 0 saturated carbocycles. The number of aromatic hydroxyl groups is 1. The standard InChI is InChI=1S/C27H19NO4S/c29-23-21-24(32-27(31)25(23)33-18-12-5-2-6-13-18)20-15-16-9-7-8-14-19(16)22(20)28(26(21)30)17-10-3-1-4-11-17/h1-14,16,19,29H,15H2. The Morgan fingerprint density at radius 2 is 1.64 bits per heavy atom. The molecule has 0 fully saturated rings. The molecule has 2 unspecified atom stereocenters. The van der Waals surface area contributed by atoms with Gasteiger partial charge in [-0.25, -0.2) is 4.79 Å². The van der Waals surface area contributed by atoms with Crippen LogP contribution in [0.5, 0.6) is 5.75 Å². The normalized spacial score (nSPS) is 18.4. The first kappa shape index (κ1) is 19.9. The van der Waals surface area contributed by atoms with Gasteiger partial charge in [0.2, 0.25) is 0 Å². The number of para-hydroxylation sites is 1. The second-order valence-corrected chi connectivity index (χ2v) is 9.27. The van der Waals surface area contributed by atoms with Gasteiger partial charge in [0.15, 0.2) is 11.3 Å². The molecule has 6 heteroatoms. The molecule has 6 rings (SSSR count). The van der Waals surface area contributed by atoms with Crippen LogP contribution in [0, 0.1) is 5.92 Å². The van der Waals surface area contributed by atoms with E-state index in [-0.39, 0.29) is 33.5 Å². The molecule has 0 aliphatic heterocycles. The molecule has 162 valence electrons. The summed E-state index contributed by atoms with van der Waals surface area (Å²) in [6.07, 6.45) is 8.81. The van der Waals surface area contributed by atoms with Crippen LogP contribution in [0.15, 0.2) is 109 Å². The van der Waals surface area contributed by atoms with Crippen molar-refractivity contribution < 1.29 is 9.52 Å². The molecular formula is C27H19NO4S. The van der Waals surface area contributed by atoms with Crippen molar-refractivity contribution >= 4 is 22.7 Å². The minimum absolute atomic E-state index is 0.00637. The van der Waals surface area contributed by atoms with Gasteiger partial charge in [0, 0.05) is 27.8 Å². The van der Waals surface area contributed by atoms with Gasteiger partial charge in [0.1, 0.15) is 10.3 Å². The maximum absolute atomic E-state index is 13.9.